The van der Waals surface area contributed by atoms with Crippen LogP contribution in [0, 0.1) is 0 Å². The van der Waals surface area contributed by atoms with Crippen molar-refractivity contribution in [2.75, 3.05) is 36.5 Å². The molecule has 2 fully saturated rings. The van der Waals surface area contributed by atoms with Gasteiger partial charge in [-0.2, -0.15) is 4.98 Å². The van der Waals surface area contributed by atoms with E-state index in [2.05, 4.69) is 20.5 Å². The lowest BCUT2D eigenvalue weighted by molar-refractivity contribution is 0.311. The molecule has 1 aromatic carbocycles. The van der Waals surface area contributed by atoms with Gasteiger partial charge in [-0.1, -0.05) is 11.6 Å². The van der Waals surface area contributed by atoms with Gasteiger partial charge in [0.25, 0.3) is 0 Å². The number of aromatic nitrogens is 2. The lowest BCUT2D eigenvalue weighted by atomic mass is 10.2. The number of fused-ring (bicyclic) bond motifs is 5. The highest BCUT2D eigenvalue weighted by molar-refractivity contribution is 6.31. The fraction of sp³-hybridized carbons (Fsp3) is 0.412. The molecule has 2 atom stereocenters. The van der Waals surface area contributed by atoms with E-state index in [9.17, 15) is 0 Å². The molecular weight excluding hydrogens is 342 g/mol. The molecule has 25 heavy (non-hydrogen) atoms. The number of furan rings is 1. The van der Waals surface area contributed by atoms with Crippen molar-refractivity contribution < 1.29 is 9.52 Å². The lowest BCUT2D eigenvalue weighted by Crippen LogP contribution is -2.44. The first kappa shape index (κ1) is 15.2. The largest absolute Gasteiger partial charge is 0.450 e. The van der Waals surface area contributed by atoms with Crippen molar-refractivity contribution in [3.63, 3.8) is 0 Å². The summed E-state index contributed by atoms with van der Waals surface area (Å²) in [5.41, 5.74) is 2.19. The van der Waals surface area contributed by atoms with Crippen molar-refractivity contribution in [1.29, 1.82) is 0 Å². The summed E-state index contributed by atoms with van der Waals surface area (Å²) in [4.78, 5) is 11.6. The van der Waals surface area contributed by atoms with Gasteiger partial charge in [0.2, 0.25) is 5.95 Å². The Labute approximate surface area is 149 Å². The Bertz CT molecular complexity index is 959. The predicted molar refractivity (Wildman–Crippen MR) is 97.4 cm³/mol. The minimum atomic E-state index is 0.0209. The van der Waals surface area contributed by atoms with Gasteiger partial charge in [0.15, 0.2) is 11.4 Å². The number of hydrogen-bond acceptors (Lipinski definition) is 7. The molecule has 0 spiro atoms. The van der Waals surface area contributed by atoms with E-state index in [4.69, 9.17) is 26.1 Å². The number of nitrogens with zero attached hydrogens (tertiary/aromatic N) is 3. The molecule has 5 rings (SSSR count). The Morgan fingerprint density at radius 1 is 1.40 bits per heavy atom. The van der Waals surface area contributed by atoms with Crippen LogP contribution in [0.4, 0.5) is 11.8 Å². The van der Waals surface area contributed by atoms with Gasteiger partial charge in [0.05, 0.1) is 6.61 Å². The van der Waals surface area contributed by atoms with E-state index < -0.39 is 0 Å². The van der Waals surface area contributed by atoms with E-state index in [1.54, 1.807) is 0 Å². The third-order valence-electron chi connectivity index (χ3n) is 4.98. The van der Waals surface area contributed by atoms with Crippen molar-refractivity contribution in [1.82, 2.24) is 15.3 Å². The maximum Gasteiger partial charge on any atom is 0.225 e. The van der Waals surface area contributed by atoms with Gasteiger partial charge in [0, 0.05) is 42.1 Å². The maximum absolute atomic E-state index is 9.10. The van der Waals surface area contributed by atoms with Gasteiger partial charge in [-0.15, -0.1) is 0 Å². The van der Waals surface area contributed by atoms with Crippen LogP contribution < -0.4 is 15.5 Å². The summed E-state index contributed by atoms with van der Waals surface area (Å²) in [5.74, 6) is 1.31. The van der Waals surface area contributed by atoms with Gasteiger partial charge in [0.1, 0.15) is 11.1 Å². The normalized spacial score (nSPS) is 22.4. The second-order valence-corrected chi connectivity index (χ2v) is 7.02. The molecule has 2 bridgehead atoms. The quantitative estimate of drug-likeness (QED) is 0.656. The number of anilines is 2. The smallest absolute Gasteiger partial charge is 0.225 e. The average molecular weight is 360 g/mol. The standard InChI is InChI=1S/C17H18ClN5O2/c18-9-1-2-13-12(5-9)14-15(25-13)16(22-17(21-14)19-3-4-24)23-8-10-6-11(23)7-20-10/h1-2,5,10-11,20,24H,3-4,6-8H2,(H,19,21,22). The molecule has 2 aliphatic rings. The number of piperazine rings is 1. The molecule has 0 radical (unpaired) electrons. The van der Waals surface area contributed by atoms with Crippen LogP contribution >= 0.6 is 11.6 Å². The van der Waals surface area contributed by atoms with Crippen molar-refractivity contribution in [3.05, 3.63) is 23.2 Å². The Hall–Kier alpha value is -2.09. The summed E-state index contributed by atoms with van der Waals surface area (Å²) in [5, 5.41) is 17.2. The Kier molecular flexibility index (Phi) is 3.48. The van der Waals surface area contributed by atoms with Crippen LogP contribution in [0.3, 0.4) is 0 Å². The maximum atomic E-state index is 9.10. The van der Waals surface area contributed by atoms with E-state index in [0.717, 1.165) is 41.8 Å². The van der Waals surface area contributed by atoms with Gasteiger partial charge in [-0.25, -0.2) is 4.98 Å². The number of nitrogens with one attached hydrogen (secondary N) is 2. The average Bonchev–Trinajstić information content (AvgIpc) is 3.33. The molecule has 130 valence electrons. The van der Waals surface area contributed by atoms with Crippen LogP contribution in [-0.2, 0) is 0 Å². The topological polar surface area (TPSA) is 86.5 Å². The van der Waals surface area contributed by atoms with Crippen LogP contribution in [0.5, 0.6) is 0 Å². The summed E-state index contributed by atoms with van der Waals surface area (Å²) in [6.45, 7) is 2.29. The number of halogens is 1. The van der Waals surface area contributed by atoms with Crippen molar-refractivity contribution in [3.8, 4) is 0 Å². The highest BCUT2D eigenvalue weighted by Gasteiger charge is 2.39. The van der Waals surface area contributed by atoms with Crippen LogP contribution in [0.15, 0.2) is 22.6 Å². The Balaban J connectivity index is 1.72. The molecular formula is C17H18ClN5O2. The molecule has 4 heterocycles. The Morgan fingerprint density at radius 3 is 3.08 bits per heavy atom. The van der Waals surface area contributed by atoms with Crippen molar-refractivity contribution in [2.24, 2.45) is 0 Å². The SMILES string of the molecule is OCCNc1nc(N2CC3CC2CN3)c2oc3ccc(Cl)cc3c2n1. The van der Waals surface area contributed by atoms with E-state index >= 15 is 0 Å². The van der Waals surface area contributed by atoms with Crippen molar-refractivity contribution >= 4 is 45.4 Å². The summed E-state index contributed by atoms with van der Waals surface area (Å²) < 4.78 is 6.10. The van der Waals surface area contributed by atoms with Crippen LogP contribution in [0.1, 0.15) is 6.42 Å². The van der Waals surface area contributed by atoms with Crippen molar-refractivity contribution in [2.45, 2.75) is 18.5 Å². The lowest BCUT2D eigenvalue weighted by Gasteiger charge is -2.28. The van der Waals surface area contributed by atoms with E-state index in [1.807, 2.05) is 18.2 Å². The first-order chi connectivity index (χ1) is 12.2. The monoisotopic (exact) mass is 359 g/mol. The highest BCUT2D eigenvalue weighted by atomic mass is 35.5. The molecule has 7 nitrogen and oxygen atoms in total. The van der Waals surface area contributed by atoms with Gasteiger partial charge < -0.3 is 25.1 Å². The molecule has 8 heteroatoms. The minimum Gasteiger partial charge on any atom is -0.450 e. The highest BCUT2D eigenvalue weighted by Crippen LogP contribution is 2.38. The molecule has 2 aliphatic heterocycles. The first-order valence-corrected chi connectivity index (χ1v) is 8.85. The third-order valence-corrected chi connectivity index (χ3v) is 5.22. The van der Waals surface area contributed by atoms with E-state index in [0.29, 0.717) is 35.2 Å². The second-order valence-electron chi connectivity index (χ2n) is 6.59. The van der Waals surface area contributed by atoms with Gasteiger partial charge in [-0.3, -0.25) is 0 Å². The van der Waals surface area contributed by atoms with Gasteiger partial charge >= 0.3 is 0 Å². The molecule has 2 saturated heterocycles. The number of rotatable bonds is 4. The molecule has 3 aromatic rings. The fourth-order valence-corrected chi connectivity index (χ4v) is 4.04. The summed E-state index contributed by atoms with van der Waals surface area (Å²) in [7, 11) is 0. The molecule has 2 unspecified atom stereocenters. The third kappa shape index (κ3) is 2.42. The molecule has 2 aromatic heterocycles. The van der Waals surface area contributed by atoms with Crippen LogP contribution in [-0.4, -0.2) is 53.4 Å². The molecule has 0 saturated carbocycles. The number of aliphatic hydroxyl groups excluding tert-OH is 1. The number of aliphatic hydroxyl groups is 1. The summed E-state index contributed by atoms with van der Waals surface area (Å²) in [6.07, 6.45) is 1.12. The van der Waals surface area contributed by atoms with E-state index in [1.165, 1.54) is 0 Å². The summed E-state index contributed by atoms with van der Waals surface area (Å²) in [6, 6.07) is 6.47. The van der Waals surface area contributed by atoms with E-state index in [-0.39, 0.29) is 6.61 Å². The predicted octanol–water partition coefficient (Wildman–Crippen LogP) is 1.98. The first-order valence-electron chi connectivity index (χ1n) is 8.47. The number of hydrogen-bond donors (Lipinski definition) is 3. The molecule has 0 amide bonds. The minimum absolute atomic E-state index is 0.0209. The Morgan fingerprint density at radius 2 is 2.32 bits per heavy atom. The zero-order chi connectivity index (χ0) is 17.0. The zero-order valence-electron chi connectivity index (χ0n) is 13.5. The van der Waals surface area contributed by atoms with Gasteiger partial charge in [-0.05, 0) is 24.6 Å². The molecule has 3 N–H and O–H groups in total. The second kappa shape index (κ2) is 5.72. The fourth-order valence-electron chi connectivity index (χ4n) is 3.86. The van der Waals surface area contributed by atoms with Crippen LogP contribution in [0.25, 0.3) is 22.1 Å². The zero-order valence-corrected chi connectivity index (χ0v) is 14.3. The summed E-state index contributed by atoms with van der Waals surface area (Å²) >= 11 is 6.17. The van der Waals surface area contributed by atoms with Crippen LogP contribution in [0.2, 0.25) is 5.02 Å². The number of benzene rings is 1. The molecule has 0 aliphatic carbocycles.